The van der Waals surface area contributed by atoms with E-state index in [4.69, 9.17) is 9.15 Å². The standard InChI is InChI=1S/C29H31N2O3.BrH/c1-31(19-17-26(18-20-31)33-25-15-9-4-10-16-25)22-27-21-30-28(34-27)29(32,23-11-5-2-6-12-23)24-13-7-3-8-14-24;/h2-16,21,26,32H,17-20,22H2,1H3;1H/q+1;/p-1. The normalized spacial score (nSPS) is 20.1. The molecule has 3 aromatic carbocycles. The average molecular weight is 535 g/mol. The Kier molecular flexibility index (Phi) is 7.75. The van der Waals surface area contributed by atoms with E-state index in [2.05, 4.69) is 12.0 Å². The Balaban J connectivity index is 0.00000289. The fourth-order valence-electron chi connectivity index (χ4n) is 4.83. The molecule has 1 N–H and O–H groups in total. The highest BCUT2D eigenvalue weighted by Crippen LogP contribution is 2.36. The minimum absolute atomic E-state index is 0. The van der Waals surface area contributed by atoms with Gasteiger partial charge in [0.25, 0.3) is 0 Å². The molecule has 0 radical (unpaired) electrons. The van der Waals surface area contributed by atoms with Crippen LogP contribution < -0.4 is 21.7 Å². The molecule has 35 heavy (non-hydrogen) atoms. The number of para-hydroxylation sites is 1. The lowest BCUT2D eigenvalue weighted by Crippen LogP contribution is -3.00. The van der Waals surface area contributed by atoms with Crippen molar-refractivity contribution in [2.24, 2.45) is 0 Å². The smallest absolute Gasteiger partial charge is 0.236 e. The van der Waals surface area contributed by atoms with Crippen molar-refractivity contribution in [1.29, 1.82) is 0 Å². The number of oxazole rings is 1. The van der Waals surface area contributed by atoms with Crippen LogP contribution in [0.2, 0.25) is 0 Å². The Hall–Kier alpha value is -2.93. The first-order valence-electron chi connectivity index (χ1n) is 11.9. The van der Waals surface area contributed by atoms with Crippen LogP contribution in [0.1, 0.15) is 35.6 Å². The van der Waals surface area contributed by atoms with Gasteiger partial charge in [-0.2, -0.15) is 0 Å². The Morgan fingerprint density at radius 1 is 0.886 bits per heavy atom. The molecular formula is C29H31BrN2O3. The SMILES string of the molecule is C[N+]1(Cc2cnc(C(O)(c3ccccc3)c3ccccc3)o2)CCC(Oc2ccccc2)CC1.[Br-]. The molecule has 2 heterocycles. The minimum Gasteiger partial charge on any atom is -1.00 e. The Bertz CT molecular complexity index is 1150. The van der Waals surface area contributed by atoms with Crippen LogP contribution in [-0.4, -0.2) is 40.8 Å². The molecule has 0 atom stereocenters. The fraction of sp³-hybridized carbons (Fsp3) is 0.276. The lowest BCUT2D eigenvalue weighted by molar-refractivity contribution is -0.928. The highest BCUT2D eigenvalue weighted by molar-refractivity contribution is 5.41. The molecule has 1 aliphatic heterocycles. The monoisotopic (exact) mass is 534 g/mol. The zero-order valence-corrected chi connectivity index (χ0v) is 21.5. The summed E-state index contributed by atoms with van der Waals surface area (Å²) in [5.41, 5.74) is 0.0123. The van der Waals surface area contributed by atoms with E-state index in [1.54, 1.807) is 6.20 Å². The third-order valence-electron chi connectivity index (χ3n) is 6.81. The van der Waals surface area contributed by atoms with Crippen molar-refractivity contribution in [1.82, 2.24) is 4.98 Å². The highest BCUT2D eigenvalue weighted by Gasteiger charge is 2.40. The number of hydrogen-bond acceptors (Lipinski definition) is 4. The first-order valence-corrected chi connectivity index (χ1v) is 11.9. The Morgan fingerprint density at radius 3 is 1.94 bits per heavy atom. The summed E-state index contributed by atoms with van der Waals surface area (Å²) in [7, 11) is 2.25. The molecule has 6 heteroatoms. The molecule has 0 amide bonds. The van der Waals surface area contributed by atoms with E-state index in [-0.39, 0.29) is 23.1 Å². The van der Waals surface area contributed by atoms with Crippen molar-refractivity contribution < 1.29 is 35.7 Å². The maximum absolute atomic E-state index is 11.9. The van der Waals surface area contributed by atoms with Gasteiger partial charge in [0, 0.05) is 12.8 Å². The molecular weight excluding hydrogens is 504 g/mol. The second-order valence-electron chi connectivity index (χ2n) is 9.43. The largest absolute Gasteiger partial charge is 1.00 e. The van der Waals surface area contributed by atoms with Crippen molar-refractivity contribution >= 4 is 0 Å². The molecule has 0 aliphatic carbocycles. The maximum Gasteiger partial charge on any atom is 0.236 e. The van der Waals surface area contributed by atoms with Gasteiger partial charge >= 0.3 is 0 Å². The van der Waals surface area contributed by atoms with Crippen molar-refractivity contribution in [3.05, 3.63) is 120 Å². The Labute approximate surface area is 217 Å². The molecule has 1 aliphatic rings. The van der Waals surface area contributed by atoms with Gasteiger partial charge in [-0.05, 0) is 23.3 Å². The third kappa shape index (κ3) is 5.50. The van der Waals surface area contributed by atoms with Crippen molar-refractivity contribution in [3.8, 4) is 5.75 Å². The third-order valence-corrected chi connectivity index (χ3v) is 6.81. The number of quaternary nitrogens is 1. The summed E-state index contributed by atoms with van der Waals surface area (Å²) in [6.07, 6.45) is 3.98. The predicted octanol–water partition coefficient (Wildman–Crippen LogP) is 2.15. The van der Waals surface area contributed by atoms with Gasteiger partial charge < -0.3 is 35.7 Å². The van der Waals surface area contributed by atoms with Crippen molar-refractivity contribution in [2.45, 2.75) is 31.1 Å². The number of ether oxygens (including phenoxy) is 1. The number of nitrogens with zero attached hydrogens (tertiary/aromatic N) is 2. The number of likely N-dealkylation sites (tertiary alicyclic amines) is 1. The molecule has 5 nitrogen and oxygen atoms in total. The van der Waals surface area contributed by atoms with E-state index in [1.165, 1.54) is 0 Å². The highest BCUT2D eigenvalue weighted by atomic mass is 79.9. The van der Waals surface area contributed by atoms with E-state index in [0.717, 1.165) is 59.6 Å². The summed E-state index contributed by atoms with van der Waals surface area (Å²) in [4.78, 5) is 4.56. The summed E-state index contributed by atoms with van der Waals surface area (Å²) in [5, 5.41) is 11.9. The molecule has 0 unspecified atom stereocenters. The molecule has 1 fully saturated rings. The van der Waals surface area contributed by atoms with E-state index < -0.39 is 5.60 Å². The molecule has 1 aromatic heterocycles. The first kappa shape index (κ1) is 25.2. The van der Waals surface area contributed by atoms with Gasteiger partial charge in [0.2, 0.25) is 5.89 Å². The summed E-state index contributed by atoms with van der Waals surface area (Å²) in [6, 6.07) is 29.2. The van der Waals surface area contributed by atoms with Gasteiger partial charge in [-0.25, -0.2) is 4.98 Å². The summed E-state index contributed by atoms with van der Waals surface area (Å²) in [5.74, 6) is 2.02. The number of piperidine rings is 1. The van der Waals surface area contributed by atoms with Crippen LogP contribution in [0.25, 0.3) is 0 Å². The van der Waals surface area contributed by atoms with Crippen LogP contribution in [0.4, 0.5) is 0 Å². The maximum atomic E-state index is 11.9. The Morgan fingerprint density at radius 2 is 1.40 bits per heavy atom. The zero-order chi connectivity index (χ0) is 23.4. The number of aliphatic hydroxyl groups is 1. The van der Waals surface area contributed by atoms with Crippen molar-refractivity contribution in [3.63, 3.8) is 0 Å². The topological polar surface area (TPSA) is 55.5 Å². The van der Waals surface area contributed by atoms with E-state index in [9.17, 15) is 5.11 Å². The van der Waals surface area contributed by atoms with E-state index in [1.807, 2.05) is 91.0 Å². The zero-order valence-electron chi connectivity index (χ0n) is 19.9. The van der Waals surface area contributed by atoms with Crippen molar-refractivity contribution in [2.75, 3.05) is 20.1 Å². The van der Waals surface area contributed by atoms with Crippen LogP contribution >= 0.6 is 0 Å². The van der Waals surface area contributed by atoms with Gasteiger partial charge in [-0.3, -0.25) is 0 Å². The van der Waals surface area contributed by atoms with Crippen LogP contribution in [0, 0.1) is 0 Å². The second-order valence-corrected chi connectivity index (χ2v) is 9.43. The van der Waals surface area contributed by atoms with Crippen LogP contribution in [0.5, 0.6) is 5.75 Å². The second kappa shape index (κ2) is 10.8. The number of halogens is 1. The molecule has 0 saturated carbocycles. The van der Waals surface area contributed by atoms with Crippen LogP contribution in [-0.2, 0) is 12.1 Å². The molecule has 0 spiro atoms. The number of benzene rings is 3. The summed E-state index contributed by atoms with van der Waals surface area (Å²) in [6.45, 7) is 2.72. The average Bonchev–Trinajstić information content (AvgIpc) is 3.35. The van der Waals surface area contributed by atoms with Gasteiger partial charge in [-0.1, -0.05) is 78.9 Å². The predicted molar refractivity (Wildman–Crippen MR) is 131 cm³/mol. The first-order chi connectivity index (χ1) is 16.6. The molecule has 1 saturated heterocycles. The summed E-state index contributed by atoms with van der Waals surface area (Å²) >= 11 is 0. The number of hydrogen-bond donors (Lipinski definition) is 1. The van der Waals surface area contributed by atoms with E-state index in [0.29, 0.717) is 5.89 Å². The van der Waals surface area contributed by atoms with Gasteiger partial charge in [0.15, 0.2) is 11.4 Å². The van der Waals surface area contributed by atoms with Gasteiger partial charge in [0.1, 0.15) is 18.4 Å². The molecule has 4 aromatic rings. The fourth-order valence-corrected chi connectivity index (χ4v) is 4.83. The van der Waals surface area contributed by atoms with E-state index >= 15 is 0 Å². The number of aromatic nitrogens is 1. The molecule has 5 rings (SSSR count). The summed E-state index contributed by atoms with van der Waals surface area (Å²) < 4.78 is 13.3. The quantitative estimate of drug-likeness (QED) is 0.369. The lowest BCUT2D eigenvalue weighted by atomic mass is 9.86. The minimum atomic E-state index is -1.45. The lowest BCUT2D eigenvalue weighted by Gasteiger charge is -2.39. The van der Waals surface area contributed by atoms with Crippen LogP contribution in [0.3, 0.4) is 0 Å². The number of rotatable bonds is 7. The molecule has 182 valence electrons. The van der Waals surface area contributed by atoms with Crippen LogP contribution in [0.15, 0.2) is 102 Å². The van der Waals surface area contributed by atoms with Gasteiger partial charge in [0.05, 0.1) is 26.3 Å². The molecule has 0 bridgehead atoms. The van der Waals surface area contributed by atoms with Gasteiger partial charge in [-0.15, -0.1) is 0 Å².